The number of nitrogens with zero attached hydrogens (tertiary/aromatic N) is 5. The van der Waals surface area contributed by atoms with Gasteiger partial charge in [0.1, 0.15) is 17.6 Å². The molecule has 2 saturated heterocycles. The molecule has 2 aliphatic rings. The molecule has 0 saturated carbocycles. The second kappa shape index (κ2) is 22.2. The SMILES string of the molecule is Cc1ncsc1-c1ccc(CNC(=O)[C@@H]2C[C@@H](O)CN2C(=O)C(NC(=O)CCOCCNC(=O)CCCc2ccc(N3C(=S)N(c4ccc(C#N)c(C(F)(F)F)c4)C(=O)C3(C)C)cc2)C(C)(C)C)cc1. The van der Waals surface area contributed by atoms with Crippen LogP contribution in [0.25, 0.3) is 10.4 Å². The normalized spacial score (nSPS) is 17.4. The number of ether oxygens (including phenoxy) is 1. The summed E-state index contributed by atoms with van der Waals surface area (Å²) < 4.78 is 46.8. The van der Waals surface area contributed by atoms with Crippen molar-refractivity contribution in [2.45, 2.75) is 110 Å². The predicted molar refractivity (Wildman–Crippen MR) is 262 cm³/mol. The molecular formula is C50H57F3N8O7S2. The van der Waals surface area contributed by atoms with Crippen molar-refractivity contribution in [1.29, 1.82) is 5.26 Å². The molecule has 4 aromatic rings. The van der Waals surface area contributed by atoms with E-state index in [0.717, 1.165) is 44.3 Å². The van der Waals surface area contributed by atoms with E-state index in [9.17, 15) is 47.5 Å². The summed E-state index contributed by atoms with van der Waals surface area (Å²) in [6.07, 6.45) is -4.41. The molecule has 0 bridgehead atoms. The van der Waals surface area contributed by atoms with Crippen molar-refractivity contribution in [2.75, 3.05) is 36.1 Å². The number of thiocarbonyl (C=S) groups is 1. The number of β-amino-alcohol motifs (C(OH)–C–C–N with tert-alkyl or cyclic N) is 1. The van der Waals surface area contributed by atoms with Crippen molar-refractivity contribution in [3.63, 3.8) is 0 Å². The van der Waals surface area contributed by atoms with Gasteiger partial charge in [0.2, 0.25) is 23.6 Å². The Morgan fingerprint density at radius 3 is 2.27 bits per heavy atom. The van der Waals surface area contributed by atoms with E-state index in [2.05, 4.69) is 20.9 Å². The van der Waals surface area contributed by atoms with E-state index in [4.69, 9.17) is 17.0 Å². The van der Waals surface area contributed by atoms with E-state index in [0.29, 0.717) is 18.5 Å². The number of halogens is 3. The summed E-state index contributed by atoms with van der Waals surface area (Å²) in [4.78, 5) is 75.9. The first-order chi connectivity index (χ1) is 33.0. The number of carbonyl (C=O) groups is 5. The number of aromatic nitrogens is 1. The standard InChI is InChI=1S/C50H57F3N8O7S2/c1-30-42(70-29-57-30)33-14-10-32(11-15-33)27-56-44(65)39-25-37(62)28-59(39)45(66)43(48(2,3)4)58-41(64)20-22-68-23-21-55-40(63)9-7-8-31-12-17-35(18-13-31)61-47(69)60(46(67)49(61,5)6)36-19-16-34(26-54)38(24-36)50(51,52)53/h10-19,24,29,37,39,43,62H,7-9,20-23,25,27-28H2,1-6H3,(H,55,63)(H,56,65)(H,58,64)/t37-,39+,43?/m1/s1. The molecule has 70 heavy (non-hydrogen) atoms. The highest BCUT2D eigenvalue weighted by Gasteiger charge is 2.51. The van der Waals surface area contributed by atoms with Crippen LogP contribution in [-0.2, 0) is 47.9 Å². The average molecular weight is 1000 g/mol. The molecule has 3 aromatic carbocycles. The van der Waals surface area contributed by atoms with E-state index < -0.39 is 70.1 Å². The second-order valence-corrected chi connectivity index (χ2v) is 20.1. The molecule has 3 atom stereocenters. The number of thiazole rings is 1. The molecule has 20 heteroatoms. The Balaban J connectivity index is 0.900. The zero-order chi connectivity index (χ0) is 51.1. The van der Waals surface area contributed by atoms with Crippen molar-refractivity contribution in [2.24, 2.45) is 5.41 Å². The topological polar surface area (TPSA) is 197 Å². The van der Waals surface area contributed by atoms with Gasteiger partial charge in [-0.1, -0.05) is 57.2 Å². The maximum Gasteiger partial charge on any atom is 0.417 e. The van der Waals surface area contributed by atoms with Gasteiger partial charge >= 0.3 is 6.18 Å². The Kier molecular flexibility index (Phi) is 16.8. The number of hydrogen-bond donors (Lipinski definition) is 4. The maximum atomic E-state index is 14.0. The number of amides is 5. The number of nitriles is 1. The highest BCUT2D eigenvalue weighted by Crippen LogP contribution is 2.40. The van der Waals surface area contributed by atoms with Gasteiger partial charge in [0, 0.05) is 44.6 Å². The molecule has 0 radical (unpaired) electrons. The summed E-state index contributed by atoms with van der Waals surface area (Å²) in [5.74, 6) is -2.03. The number of rotatable bonds is 18. The first-order valence-corrected chi connectivity index (χ1v) is 24.1. The zero-order valence-electron chi connectivity index (χ0n) is 39.8. The molecule has 0 spiro atoms. The van der Waals surface area contributed by atoms with Crippen molar-refractivity contribution in [3.05, 3.63) is 100 Å². The lowest BCUT2D eigenvalue weighted by Crippen LogP contribution is -2.57. The molecule has 0 aliphatic carbocycles. The number of nitrogens with one attached hydrogen (secondary N) is 3. The summed E-state index contributed by atoms with van der Waals surface area (Å²) in [6, 6.07) is 17.6. The lowest BCUT2D eigenvalue weighted by molar-refractivity contribution is -0.144. The molecule has 1 unspecified atom stereocenters. The monoisotopic (exact) mass is 1000 g/mol. The van der Waals surface area contributed by atoms with E-state index in [-0.39, 0.29) is 68.8 Å². The smallest absolute Gasteiger partial charge is 0.391 e. The summed E-state index contributed by atoms with van der Waals surface area (Å²) in [7, 11) is 0. The second-order valence-electron chi connectivity index (χ2n) is 18.8. The Morgan fingerprint density at radius 2 is 1.64 bits per heavy atom. The molecule has 372 valence electrons. The predicted octanol–water partition coefficient (Wildman–Crippen LogP) is 6.58. The lowest BCUT2D eigenvalue weighted by Gasteiger charge is -2.35. The van der Waals surface area contributed by atoms with Crippen LogP contribution in [0.2, 0.25) is 0 Å². The van der Waals surface area contributed by atoms with Gasteiger partial charge in [-0.2, -0.15) is 18.4 Å². The van der Waals surface area contributed by atoms with Crippen LogP contribution in [-0.4, -0.2) is 99.7 Å². The van der Waals surface area contributed by atoms with E-state index in [1.807, 2.05) is 43.3 Å². The summed E-state index contributed by atoms with van der Waals surface area (Å²) in [6.45, 7) is 11.2. The molecule has 3 heterocycles. The fraction of sp³-hybridized carbons (Fsp3) is 0.440. The Labute approximate surface area is 414 Å². The van der Waals surface area contributed by atoms with Crippen LogP contribution >= 0.6 is 23.6 Å². The number of anilines is 2. The van der Waals surface area contributed by atoms with Crippen molar-refractivity contribution in [1.82, 2.24) is 25.8 Å². The van der Waals surface area contributed by atoms with Crippen LogP contribution in [0.15, 0.2) is 72.2 Å². The van der Waals surface area contributed by atoms with Crippen LogP contribution < -0.4 is 25.8 Å². The fourth-order valence-electron chi connectivity index (χ4n) is 8.36. The Bertz CT molecular complexity index is 2630. The summed E-state index contributed by atoms with van der Waals surface area (Å²) in [5.41, 5.74) is 2.29. The van der Waals surface area contributed by atoms with Crippen molar-refractivity contribution >= 4 is 69.6 Å². The lowest BCUT2D eigenvalue weighted by atomic mass is 9.85. The number of alkyl halides is 3. The van der Waals surface area contributed by atoms with E-state index in [1.165, 1.54) is 17.0 Å². The minimum atomic E-state index is -4.81. The van der Waals surface area contributed by atoms with E-state index in [1.54, 1.807) is 68.5 Å². The first-order valence-electron chi connectivity index (χ1n) is 22.8. The molecule has 15 nitrogen and oxygen atoms in total. The minimum absolute atomic E-state index is 0.0137. The van der Waals surface area contributed by atoms with Gasteiger partial charge in [0.15, 0.2) is 5.11 Å². The number of benzene rings is 3. The van der Waals surface area contributed by atoms with Crippen molar-refractivity contribution in [3.8, 4) is 16.5 Å². The largest absolute Gasteiger partial charge is 0.417 e. The quantitative estimate of drug-likeness (QED) is 0.0621. The number of carbonyl (C=O) groups excluding carboxylic acids is 5. The van der Waals surface area contributed by atoms with Crippen LogP contribution in [0.1, 0.15) is 88.2 Å². The number of aryl methyl sites for hydroxylation is 2. The third-order valence-electron chi connectivity index (χ3n) is 12.2. The zero-order valence-corrected chi connectivity index (χ0v) is 41.4. The maximum absolute atomic E-state index is 14.0. The Morgan fingerprint density at radius 1 is 0.971 bits per heavy atom. The molecule has 4 N–H and O–H groups in total. The van der Waals surface area contributed by atoms with E-state index >= 15 is 0 Å². The highest BCUT2D eigenvalue weighted by molar-refractivity contribution is 7.81. The Hall–Kier alpha value is -6.27. The number of aliphatic hydroxyl groups is 1. The molecule has 2 aliphatic heterocycles. The molecule has 2 fully saturated rings. The number of likely N-dealkylation sites (tertiary alicyclic amines) is 1. The minimum Gasteiger partial charge on any atom is -0.391 e. The van der Waals surface area contributed by atoms with Crippen LogP contribution in [0.3, 0.4) is 0 Å². The van der Waals surface area contributed by atoms with Gasteiger partial charge in [-0.15, -0.1) is 11.3 Å². The van der Waals surface area contributed by atoms with Gasteiger partial charge in [-0.3, -0.25) is 28.9 Å². The molecule has 6 rings (SSSR count). The van der Waals surface area contributed by atoms with Gasteiger partial charge in [0.25, 0.3) is 5.91 Å². The molecular weight excluding hydrogens is 946 g/mol. The van der Waals surface area contributed by atoms with Crippen LogP contribution in [0, 0.1) is 23.7 Å². The van der Waals surface area contributed by atoms with Gasteiger partial charge in [-0.05, 0) is 98.3 Å². The van der Waals surface area contributed by atoms with Gasteiger partial charge < -0.3 is 35.6 Å². The third-order valence-corrected chi connectivity index (χ3v) is 13.5. The first kappa shape index (κ1) is 53.1. The number of hydrogen-bond acceptors (Lipinski definition) is 11. The summed E-state index contributed by atoms with van der Waals surface area (Å²) in [5, 5.41) is 28.3. The number of aliphatic hydroxyl groups excluding tert-OH is 1. The third kappa shape index (κ3) is 12.5. The van der Waals surface area contributed by atoms with Crippen molar-refractivity contribution < 1.29 is 47.0 Å². The molecule has 1 aromatic heterocycles. The fourth-order valence-corrected chi connectivity index (χ4v) is 9.69. The average Bonchev–Trinajstić information content (AvgIpc) is 3.97. The highest BCUT2D eigenvalue weighted by atomic mass is 32.1. The molecule has 5 amide bonds. The van der Waals surface area contributed by atoms with Crippen LogP contribution in [0.5, 0.6) is 0 Å². The van der Waals surface area contributed by atoms with Gasteiger partial charge in [-0.25, -0.2) is 4.98 Å². The van der Waals surface area contributed by atoms with Gasteiger partial charge in [0.05, 0.1) is 58.3 Å². The van der Waals surface area contributed by atoms with Crippen LogP contribution in [0.4, 0.5) is 24.5 Å². The summed E-state index contributed by atoms with van der Waals surface area (Å²) >= 11 is 7.18.